The van der Waals surface area contributed by atoms with Crippen molar-refractivity contribution in [3.05, 3.63) is 48.0 Å². The molecule has 3 rings (SSSR count). The fraction of sp³-hybridized carbons (Fsp3) is 0.500. The summed E-state index contributed by atoms with van der Waals surface area (Å²) in [5.74, 6) is -0.537. The molecule has 0 spiro atoms. The molecule has 1 saturated heterocycles. The minimum absolute atomic E-state index is 0.0440. The lowest BCUT2D eigenvalue weighted by Gasteiger charge is -2.28. The summed E-state index contributed by atoms with van der Waals surface area (Å²) in [6.45, 7) is 5.88. The highest BCUT2D eigenvalue weighted by atomic mass is 19.2. The fourth-order valence-corrected chi connectivity index (χ4v) is 3.43. The van der Waals surface area contributed by atoms with Gasteiger partial charge in [-0.15, -0.1) is 0 Å². The van der Waals surface area contributed by atoms with Gasteiger partial charge >= 0.3 is 0 Å². The van der Waals surface area contributed by atoms with Crippen LogP contribution in [0.5, 0.6) is 11.5 Å². The molecule has 2 unspecified atom stereocenters. The Balaban J connectivity index is 1.59. The number of unbranched alkanes of at least 4 members (excludes halogenated alkanes) is 1. The predicted molar refractivity (Wildman–Crippen MR) is 110 cm³/mol. The van der Waals surface area contributed by atoms with Crippen molar-refractivity contribution in [2.45, 2.75) is 52.1 Å². The van der Waals surface area contributed by atoms with Crippen LogP contribution in [0.2, 0.25) is 0 Å². The lowest BCUT2D eigenvalue weighted by atomic mass is 9.96. The molecule has 1 aliphatic rings. The Morgan fingerprint density at radius 2 is 1.76 bits per heavy atom. The molecule has 1 heterocycles. The molecule has 0 bridgehead atoms. The van der Waals surface area contributed by atoms with Crippen LogP contribution in [0, 0.1) is 17.6 Å². The van der Waals surface area contributed by atoms with Gasteiger partial charge < -0.3 is 14.2 Å². The Hall–Kier alpha value is -2.14. The summed E-state index contributed by atoms with van der Waals surface area (Å²) in [6, 6.07) is 10.1. The molecule has 0 amide bonds. The number of benzene rings is 2. The molecule has 2 aromatic carbocycles. The van der Waals surface area contributed by atoms with Gasteiger partial charge in [0.05, 0.1) is 12.7 Å². The van der Waals surface area contributed by atoms with Crippen molar-refractivity contribution in [2.24, 2.45) is 5.92 Å². The maximum atomic E-state index is 14.5. The van der Waals surface area contributed by atoms with E-state index in [0.717, 1.165) is 32.3 Å². The Bertz CT molecular complexity index is 768. The van der Waals surface area contributed by atoms with Gasteiger partial charge in [0.2, 0.25) is 5.82 Å². The zero-order chi connectivity index (χ0) is 20.6. The second-order valence-corrected chi connectivity index (χ2v) is 7.58. The normalized spacial score (nSPS) is 19.2. The number of hydrogen-bond acceptors (Lipinski definition) is 3. The molecule has 1 fully saturated rings. The van der Waals surface area contributed by atoms with Gasteiger partial charge in [-0.05, 0) is 55.0 Å². The first kappa shape index (κ1) is 21.6. The second kappa shape index (κ2) is 10.6. The maximum absolute atomic E-state index is 14.5. The van der Waals surface area contributed by atoms with Crippen LogP contribution in [-0.4, -0.2) is 25.9 Å². The van der Waals surface area contributed by atoms with Crippen LogP contribution in [-0.2, 0) is 4.74 Å². The molecule has 158 valence electrons. The van der Waals surface area contributed by atoms with Gasteiger partial charge in [-0.3, -0.25) is 0 Å². The number of rotatable bonds is 9. The molecule has 0 aromatic heterocycles. The summed E-state index contributed by atoms with van der Waals surface area (Å²) in [5.41, 5.74) is 0.798. The molecule has 2 aromatic rings. The highest BCUT2D eigenvalue weighted by molar-refractivity contribution is 5.66. The first-order valence-electron chi connectivity index (χ1n) is 10.6. The van der Waals surface area contributed by atoms with E-state index in [9.17, 15) is 8.78 Å². The van der Waals surface area contributed by atoms with Crippen LogP contribution < -0.4 is 9.47 Å². The van der Waals surface area contributed by atoms with Gasteiger partial charge in [0, 0.05) is 12.2 Å². The lowest BCUT2D eigenvalue weighted by molar-refractivity contribution is -0.0380. The highest BCUT2D eigenvalue weighted by Crippen LogP contribution is 2.31. The van der Waals surface area contributed by atoms with E-state index in [1.807, 2.05) is 6.92 Å². The monoisotopic (exact) mass is 404 g/mol. The minimum Gasteiger partial charge on any atom is -0.491 e. The number of hydrogen-bond donors (Lipinski definition) is 0. The molecule has 0 aliphatic carbocycles. The first-order chi connectivity index (χ1) is 14.1. The summed E-state index contributed by atoms with van der Waals surface area (Å²) in [7, 11) is 0. The van der Waals surface area contributed by atoms with E-state index in [-0.39, 0.29) is 17.4 Å². The van der Waals surface area contributed by atoms with E-state index >= 15 is 0 Å². The highest BCUT2D eigenvalue weighted by Gasteiger charge is 2.21. The molecule has 5 heteroatoms. The summed E-state index contributed by atoms with van der Waals surface area (Å²) in [5, 5.41) is 0. The summed E-state index contributed by atoms with van der Waals surface area (Å²) in [4.78, 5) is 0. The van der Waals surface area contributed by atoms with E-state index in [2.05, 4.69) is 6.92 Å². The van der Waals surface area contributed by atoms with Gasteiger partial charge in [-0.1, -0.05) is 38.8 Å². The quantitative estimate of drug-likeness (QED) is 0.453. The summed E-state index contributed by atoms with van der Waals surface area (Å²) >= 11 is 0. The van der Waals surface area contributed by atoms with E-state index < -0.39 is 11.6 Å². The molecular formula is C24H30F2O3. The molecule has 1 aliphatic heterocycles. The molecular weight excluding hydrogens is 374 g/mol. The van der Waals surface area contributed by atoms with Crippen LogP contribution in [0.25, 0.3) is 11.1 Å². The van der Waals surface area contributed by atoms with E-state index in [0.29, 0.717) is 30.4 Å². The topological polar surface area (TPSA) is 27.7 Å². The fourth-order valence-electron chi connectivity index (χ4n) is 3.43. The molecule has 2 atom stereocenters. The third-order valence-corrected chi connectivity index (χ3v) is 5.45. The lowest BCUT2D eigenvalue weighted by Crippen LogP contribution is -2.30. The maximum Gasteiger partial charge on any atom is 0.201 e. The molecule has 0 N–H and O–H groups in total. The van der Waals surface area contributed by atoms with Crippen LogP contribution >= 0.6 is 0 Å². The smallest absolute Gasteiger partial charge is 0.201 e. The van der Waals surface area contributed by atoms with Gasteiger partial charge in [0.1, 0.15) is 12.4 Å². The predicted octanol–water partition coefficient (Wildman–Crippen LogP) is 6.39. The van der Waals surface area contributed by atoms with Crippen LogP contribution in [0.1, 0.15) is 46.0 Å². The SMILES string of the molecule is CCCCOc1ccc(-c2ccc(OCC3CCC(CC)CO3)cc2)c(F)c1F. The Kier molecular flexibility index (Phi) is 7.87. The average molecular weight is 404 g/mol. The summed E-state index contributed by atoms with van der Waals surface area (Å²) < 4.78 is 45.8. The van der Waals surface area contributed by atoms with E-state index in [1.165, 1.54) is 12.5 Å². The molecule has 29 heavy (non-hydrogen) atoms. The van der Waals surface area contributed by atoms with Crippen LogP contribution in [0.4, 0.5) is 8.78 Å². The number of halogens is 2. The standard InChI is InChI=1S/C24H30F2O3/c1-3-5-14-27-22-13-12-21(23(25)24(22)26)18-7-10-19(11-8-18)29-16-20-9-6-17(4-2)15-28-20/h7-8,10-13,17,20H,3-6,9,14-16H2,1-2H3. The van der Waals surface area contributed by atoms with Crippen molar-refractivity contribution < 1.29 is 23.0 Å². The Morgan fingerprint density at radius 1 is 0.966 bits per heavy atom. The zero-order valence-electron chi connectivity index (χ0n) is 17.3. The minimum atomic E-state index is -0.946. The van der Waals surface area contributed by atoms with Gasteiger partial charge in [-0.25, -0.2) is 4.39 Å². The van der Waals surface area contributed by atoms with Crippen molar-refractivity contribution >= 4 is 0 Å². The largest absolute Gasteiger partial charge is 0.491 e. The van der Waals surface area contributed by atoms with E-state index in [4.69, 9.17) is 14.2 Å². The van der Waals surface area contributed by atoms with Crippen LogP contribution in [0.15, 0.2) is 36.4 Å². The van der Waals surface area contributed by atoms with Gasteiger partial charge in [0.15, 0.2) is 11.6 Å². The van der Waals surface area contributed by atoms with Crippen LogP contribution in [0.3, 0.4) is 0 Å². The molecule has 3 nitrogen and oxygen atoms in total. The van der Waals surface area contributed by atoms with Gasteiger partial charge in [-0.2, -0.15) is 4.39 Å². The first-order valence-corrected chi connectivity index (χ1v) is 10.6. The van der Waals surface area contributed by atoms with Crippen molar-refractivity contribution in [1.82, 2.24) is 0 Å². The Labute approximate surface area is 172 Å². The van der Waals surface area contributed by atoms with Crippen molar-refractivity contribution in [2.75, 3.05) is 19.8 Å². The molecule has 0 saturated carbocycles. The van der Waals surface area contributed by atoms with E-state index in [1.54, 1.807) is 30.3 Å². The van der Waals surface area contributed by atoms with Gasteiger partial charge in [0.25, 0.3) is 0 Å². The third-order valence-electron chi connectivity index (χ3n) is 5.45. The molecule has 0 radical (unpaired) electrons. The third kappa shape index (κ3) is 5.69. The number of ether oxygens (including phenoxy) is 3. The summed E-state index contributed by atoms with van der Waals surface area (Å²) in [6.07, 6.45) is 5.18. The van der Waals surface area contributed by atoms with Crippen molar-refractivity contribution in [3.63, 3.8) is 0 Å². The Morgan fingerprint density at radius 3 is 2.41 bits per heavy atom. The van der Waals surface area contributed by atoms with Crippen molar-refractivity contribution in [3.8, 4) is 22.6 Å². The zero-order valence-corrected chi connectivity index (χ0v) is 17.3. The average Bonchev–Trinajstić information content (AvgIpc) is 2.76. The second-order valence-electron chi connectivity index (χ2n) is 7.58. The van der Waals surface area contributed by atoms with Crippen molar-refractivity contribution in [1.29, 1.82) is 0 Å².